The molecule has 1 rings (SSSR count). The van der Waals surface area contributed by atoms with Gasteiger partial charge in [-0.25, -0.2) is 8.42 Å². The number of nitrogens with zero attached hydrogens (tertiary/aromatic N) is 1. The zero-order valence-corrected chi connectivity index (χ0v) is 12.1. The molecule has 0 spiro atoms. The van der Waals surface area contributed by atoms with Gasteiger partial charge in [-0.15, -0.1) is 4.40 Å². The van der Waals surface area contributed by atoms with E-state index in [1.54, 1.807) is 22.6 Å². The van der Waals surface area contributed by atoms with Crippen molar-refractivity contribution in [1.82, 2.24) is 0 Å². The molecule has 0 radical (unpaired) electrons. The van der Waals surface area contributed by atoms with Crippen molar-refractivity contribution in [2.75, 3.05) is 3.76 Å². The third-order valence-corrected chi connectivity index (χ3v) is 5.69. The van der Waals surface area contributed by atoms with Gasteiger partial charge in [0.05, 0.1) is 0 Å². The second-order valence-corrected chi connectivity index (χ2v) is 7.32. The Morgan fingerprint density at radius 3 is 2.56 bits per heavy atom. The van der Waals surface area contributed by atoms with Crippen LogP contribution >= 0.6 is 34.4 Å². The highest BCUT2D eigenvalue weighted by molar-refractivity contribution is 14.1. The Bertz CT molecular complexity index is 460. The number of amidine groups is 1. The minimum Gasteiger partial charge on any atom is -0.378 e. The zero-order valence-electron chi connectivity index (χ0n) is 8.34. The van der Waals surface area contributed by atoms with E-state index in [1.807, 2.05) is 30.3 Å². The zero-order chi connectivity index (χ0) is 12.0. The predicted octanol–water partition coefficient (Wildman–Crippen LogP) is 1.96. The average molecular weight is 370 g/mol. The molecule has 1 aromatic carbocycles. The minimum atomic E-state index is -3.39. The maximum absolute atomic E-state index is 11.1. The largest absolute Gasteiger partial charge is 0.378 e. The molecule has 0 atom stereocenters. The molecule has 0 saturated heterocycles. The van der Waals surface area contributed by atoms with Crippen molar-refractivity contribution in [3.05, 3.63) is 35.9 Å². The van der Waals surface area contributed by atoms with E-state index < -0.39 is 10.0 Å². The second-order valence-electron chi connectivity index (χ2n) is 2.89. The van der Waals surface area contributed by atoms with Crippen LogP contribution in [-0.2, 0) is 15.8 Å². The first-order chi connectivity index (χ1) is 7.53. The molecule has 0 aromatic heterocycles. The van der Waals surface area contributed by atoms with Crippen molar-refractivity contribution in [3.63, 3.8) is 0 Å². The standard InChI is InChI=1S/C9H11IN2O2S2/c10-7-16(13,14)12-9(11)15-6-8-4-2-1-3-5-8/h1-5H,6-7H2,(H2,11,12). The molecule has 2 N–H and O–H groups in total. The van der Waals surface area contributed by atoms with Crippen LogP contribution < -0.4 is 5.73 Å². The van der Waals surface area contributed by atoms with Crippen LogP contribution in [0.4, 0.5) is 0 Å². The maximum Gasteiger partial charge on any atom is 0.264 e. The fourth-order valence-corrected chi connectivity index (χ4v) is 2.72. The Morgan fingerprint density at radius 1 is 1.38 bits per heavy atom. The second kappa shape index (κ2) is 6.45. The summed E-state index contributed by atoms with van der Waals surface area (Å²) >= 11 is 2.96. The highest BCUT2D eigenvalue weighted by Crippen LogP contribution is 2.12. The van der Waals surface area contributed by atoms with E-state index >= 15 is 0 Å². The lowest BCUT2D eigenvalue weighted by atomic mass is 10.2. The third-order valence-electron chi connectivity index (χ3n) is 1.60. The first-order valence-corrected chi connectivity index (χ1v) is 8.46. The van der Waals surface area contributed by atoms with Crippen LogP contribution in [0.15, 0.2) is 34.7 Å². The number of alkyl halides is 1. The van der Waals surface area contributed by atoms with Gasteiger partial charge in [0.15, 0.2) is 5.17 Å². The van der Waals surface area contributed by atoms with E-state index in [0.717, 1.165) is 5.56 Å². The molecule has 0 saturated carbocycles. The Morgan fingerprint density at radius 2 is 2.00 bits per heavy atom. The fourth-order valence-electron chi connectivity index (χ4n) is 0.919. The normalized spacial score (nSPS) is 12.7. The quantitative estimate of drug-likeness (QED) is 0.381. The molecular weight excluding hydrogens is 359 g/mol. The summed E-state index contributed by atoms with van der Waals surface area (Å²) in [5.41, 5.74) is 6.59. The lowest BCUT2D eigenvalue weighted by Crippen LogP contribution is -2.11. The molecule has 0 fully saturated rings. The molecule has 0 amide bonds. The van der Waals surface area contributed by atoms with E-state index in [0.29, 0.717) is 5.75 Å². The maximum atomic E-state index is 11.1. The van der Waals surface area contributed by atoms with E-state index in [-0.39, 0.29) is 8.93 Å². The monoisotopic (exact) mass is 370 g/mol. The number of nitrogens with two attached hydrogens (primary N) is 1. The number of hydrogen-bond acceptors (Lipinski definition) is 3. The molecule has 1 aromatic rings. The number of rotatable bonds is 4. The summed E-state index contributed by atoms with van der Waals surface area (Å²) in [5.74, 6) is 0.618. The molecule has 0 aliphatic rings. The Labute approximate surface area is 113 Å². The lowest BCUT2D eigenvalue weighted by Gasteiger charge is -2.00. The van der Waals surface area contributed by atoms with Gasteiger partial charge in [-0.1, -0.05) is 64.7 Å². The number of thioether (sulfide) groups is 1. The van der Waals surface area contributed by atoms with Crippen molar-refractivity contribution in [3.8, 4) is 0 Å². The number of benzene rings is 1. The van der Waals surface area contributed by atoms with E-state index in [2.05, 4.69) is 4.40 Å². The molecule has 0 unspecified atom stereocenters. The van der Waals surface area contributed by atoms with Crippen LogP contribution in [0, 0.1) is 0 Å². The van der Waals surface area contributed by atoms with E-state index in [1.165, 1.54) is 11.8 Å². The number of halogens is 1. The summed E-state index contributed by atoms with van der Waals surface area (Å²) in [5, 5.41) is 0.0838. The van der Waals surface area contributed by atoms with Crippen molar-refractivity contribution >= 4 is 49.5 Å². The fraction of sp³-hybridized carbons (Fsp3) is 0.222. The summed E-state index contributed by atoms with van der Waals surface area (Å²) in [6.45, 7) is 0. The van der Waals surface area contributed by atoms with Crippen LogP contribution in [0.25, 0.3) is 0 Å². The van der Waals surface area contributed by atoms with Gasteiger partial charge in [0, 0.05) is 5.75 Å². The van der Waals surface area contributed by atoms with Gasteiger partial charge < -0.3 is 5.73 Å². The molecule has 7 heteroatoms. The van der Waals surface area contributed by atoms with Crippen LogP contribution in [0.5, 0.6) is 0 Å². The summed E-state index contributed by atoms with van der Waals surface area (Å²) in [4.78, 5) is 0. The van der Waals surface area contributed by atoms with E-state index in [4.69, 9.17) is 5.73 Å². The minimum absolute atomic E-state index is 0.0582. The Hall–Kier alpha value is -0.280. The smallest absolute Gasteiger partial charge is 0.264 e. The van der Waals surface area contributed by atoms with Gasteiger partial charge in [0.1, 0.15) is 3.76 Å². The first-order valence-electron chi connectivity index (χ1n) is 4.34. The van der Waals surface area contributed by atoms with Crippen LogP contribution in [-0.4, -0.2) is 17.3 Å². The molecule has 88 valence electrons. The molecule has 0 aliphatic heterocycles. The van der Waals surface area contributed by atoms with Gasteiger partial charge in [0.2, 0.25) is 0 Å². The average Bonchev–Trinajstić information content (AvgIpc) is 2.27. The Balaban J connectivity index is 2.57. The van der Waals surface area contributed by atoms with E-state index in [9.17, 15) is 8.42 Å². The summed E-state index contributed by atoms with van der Waals surface area (Å²) in [6.07, 6.45) is 0. The highest BCUT2D eigenvalue weighted by atomic mass is 127. The first kappa shape index (κ1) is 13.8. The topological polar surface area (TPSA) is 72.5 Å². The predicted molar refractivity (Wildman–Crippen MR) is 77.2 cm³/mol. The Kier molecular flexibility index (Phi) is 5.56. The van der Waals surface area contributed by atoms with Gasteiger partial charge in [0.25, 0.3) is 10.0 Å². The molecular formula is C9H11IN2O2S2. The molecule has 4 nitrogen and oxygen atoms in total. The number of sulfonamides is 1. The van der Waals surface area contributed by atoms with Gasteiger partial charge >= 0.3 is 0 Å². The van der Waals surface area contributed by atoms with Crippen molar-refractivity contribution in [2.24, 2.45) is 10.1 Å². The summed E-state index contributed by atoms with van der Waals surface area (Å²) < 4.78 is 25.7. The van der Waals surface area contributed by atoms with Crippen molar-refractivity contribution in [2.45, 2.75) is 5.75 Å². The van der Waals surface area contributed by atoms with Crippen LogP contribution in [0.1, 0.15) is 5.56 Å². The van der Waals surface area contributed by atoms with Crippen LogP contribution in [0.3, 0.4) is 0 Å². The molecule has 0 bridgehead atoms. The van der Waals surface area contributed by atoms with Gasteiger partial charge in [-0.2, -0.15) is 0 Å². The molecule has 0 heterocycles. The summed E-state index contributed by atoms with van der Waals surface area (Å²) in [6, 6.07) is 9.67. The van der Waals surface area contributed by atoms with Crippen LogP contribution in [0.2, 0.25) is 0 Å². The van der Waals surface area contributed by atoms with Gasteiger partial charge in [-0.05, 0) is 5.56 Å². The van der Waals surface area contributed by atoms with Gasteiger partial charge in [-0.3, -0.25) is 0 Å². The molecule has 0 aliphatic carbocycles. The number of hydrogen-bond donors (Lipinski definition) is 1. The highest BCUT2D eigenvalue weighted by Gasteiger charge is 2.06. The van der Waals surface area contributed by atoms with Crippen molar-refractivity contribution < 1.29 is 8.42 Å². The summed E-state index contributed by atoms with van der Waals surface area (Å²) in [7, 11) is -3.39. The SMILES string of the molecule is N/C(=N\S(=O)(=O)CI)SCc1ccccc1. The molecule has 16 heavy (non-hydrogen) atoms. The lowest BCUT2D eigenvalue weighted by molar-refractivity contribution is 0.603. The van der Waals surface area contributed by atoms with Crippen molar-refractivity contribution in [1.29, 1.82) is 0 Å². The third kappa shape index (κ3) is 5.17.